The van der Waals surface area contributed by atoms with E-state index >= 15 is 0 Å². The maximum absolute atomic E-state index is 11.8. The van der Waals surface area contributed by atoms with Crippen LogP contribution in [0.4, 0.5) is 0 Å². The number of rotatable bonds is 7. The molecule has 1 N–H and O–H groups in total. The number of methoxy groups -OCH3 is 1. The van der Waals surface area contributed by atoms with Gasteiger partial charge in [-0.05, 0) is 36.4 Å². The molecule has 0 aliphatic carbocycles. The maximum Gasteiger partial charge on any atom is 0.175 e. The van der Waals surface area contributed by atoms with Crippen molar-refractivity contribution in [3.05, 3.63) is 79.3 Å². The number of benzene rings is 3. The van der Waals surface area contributed by atoms with Crippen molar-refractivity contribution in [1.29, 1.82) is 0 Å². The number of aromatic amines is 1. The van der Waals surface area contributed by atoms with Gasteiger partial charge in [-0.25, -0.2) is 18.4 Å². The Balaban J connectivity index is 1.58. The average Bonchev–Trinajstić information content (AvgIpc) is 3.28. The van der Waals surface area contributed by atoms with Gasteiger partial charge in [-0.2, -0.15) is 0 Å². The number of hydrogen-bond acceptors (Lipinski definition) is 8. The molecular formula is C25H20N4O5S. The molecule has 0 amide bonds. The van der Waals surface area contributed by atoms with Crippen LogP contribution < -0.4 is 14.2 Å². The van der Waals surface area contributed by atoms with Crippen molar-refractivity contribution in [2.45, 2.75) is 4.90 Å². The smallest absolute Gasteiger partial charge is 0.175 e. The van der Waals surface area contributed by atoms with E-state index in [9.17, 15) is 8.42 Å². The molecule has 0 aliphatic rings. The monoisotopic (exact) mass is 488 g/mol. The second-order valence-electron chi connectivity index (χ2n) is 7.59. The van der Waals surface area contributed by atoms with Gasteiger partial charge in [0, 0.05) is 30.8 Å². The van der Waals surface area contributed by atoms with Crippen LogP contribution in [0, 0.1) is 0 Å². The van der Waals surface area contributed by atoms with Crippen LogP contribution in [0.2, 0.25) is 0 Å². The Labute approximate surface area is 201 Å². The molecule has 3 aromatic carbocycles. The maximum atomic E-state index is 11.8. The molecule has 2 heterocycles. The molecule has 0 saturated heterocycles. The molecule has 0 unspecified atom stereocenters. The van der Waals surface area contributed by atoms with Gasteiger partial charge in [0.15, 0.2) is 38.7 Å². The summed E-state index contributed by atoms with van der Waals surface area (Å²) in [6, 6.07) is 16.9. The first-order valence-corrected chi connectivity index (χ1v) is 12.4. The Kier molecular flexibility index (Phi) is 5.79. The van der Waals surface area contributed by atoms with Crippen molar-refractivity contribution < 1.29 is 22.6 Å². The summed E-state index contributed by atoms with van der Waals surface area (Å²) in [5, 5.41) is 0. The summed E-state index contributed by atoms with van der Waals surface area (Å²) in [6.07, 6.45) is 5.95. The zero-order valence-electron chi connectivity index (χ0n) is 18.8. The van der Waals surface area contributed by atoms with Crippen molar-refractivity contribution in [3.63, 3.8) is 0 Å². The van der Waals surface area contributed by atoms with E-state index in [1.807, 2.05) is 12.1 Å². The van der Waals surface area contributed by atoms with Crippen LogP contribution in [0.25, 0.3) is 22.6 Å². The molecule has 5 aromatic rings. The Morgan fingerprint density at radius 1 is 0.857 bits per heavy atom. The van der Waals surface area contributed by atoms with Crippen LogP contribution in [0.15, 0.2) is 84.1 Å². The van der Waals surface area contributed by atoms with Gasteiger partial charge in [-0.15, -0.1) is 0 Å². The van der Waals surface area contributed by atoms with Crippen LogP contribution in [0.1, 0.15) is 0 Å². The van der Waals surface area contributed by atoms with E-state index in [-0.39, 0.29) is 4.90 Å². The highest BCUT2D eigenvalue weighted by molar-refractivity contribution is 7.90. The van der Waals surface area contributed by atoms with Crippen LogP contribution in [0.3, 0.4) is 0 Å². The van der Waals surface area contributed by atoms with E-state index in [0.717, 1.165) is 6.26 Å². The first kappa shape index (κ1) is 22.4. The van der Waals surface area contributed by atoms with Crippen LogP contribution in [0.5, 0.6) is 28.7 Å². The quantitative estimate of drug-likeness (QED) is 0.340. The van der Waals surface area contributed by atoms with Gasteiger partial charge in [0.1, 0.15) is 11.4 Å². The average molecular weight is 489 g/mol. The zero-order valence-corrected chi connectivity index (χ0v) is 19.6. The minimum atomic E-state index is -3.32. The molecule has 9 nitrogen and oxygen atoms in total. The van der Waals surface area contributed by atoms with Gasteiger partial charge in [-0.3, -0.25) is 4.98 Å². The number of aromatic nitrogens is 4. The molecule has 0 bridgehead atoms. The van der Waals surface area contributed by atoms with Crippen molar-refractivity contribution in [1.82, 2.24) is 19.9 Å². The van der Waals surface area contributed by atoms with Crippen molar-refractivity contribution >= 4 is 20.9 Å². The van der Waals surface area contributed by atoms with E-state index in [1.165, 1.54) is 12.1 Å². The summed E-state index contributed by atoms with van der Waals surface area (Å²) in [7, 11) is -1.76. The molecule has 35 heavy (non-hydrogen) atoms. The SMILES string of the molecule is COc1ccccc1Oc1cc2nc(-c3cnccn3)[nH]c2cc1Oc1ccc(S(C)(=O)=O)cc1. The number of imidazole rings is 1. The Hall–Kier alpha value is -4.44. The lowest BCUT2D eigenvalue weighted by Gasteiger charge is -2.14. The van der Waals surface area contributed by atoms with Crippen LogP contribution in [-0.4, -0.2) is 41.7 Å². The number of nitrogens with one attached hydrogen (secondary N) is 1. The van der Waals surface area contributed by atoms with E-state index in [4.69, 9.17) is 14.2 Å². The molecule has 176 valence electrons. The summed E-state index contributed by atoms with van der Waals surface area (Å²) in [5.74, 6) is 2.83. The summed E-state index contributed by atoms with van der Waals surface area (Å²) in [6.45, 7) is 0. The summed E-state index contributed by atoms with van der Waals surface area (Å²) < 4.78 is 41.3. The summed E-state index contributed by atoms with van der Waals surface area (Å²) in [4.78, 5) is 16.4. The number of sulfone groups is 1. The van der Waals surface area contributed by atoms with Gasteiger partial charge in [-0.1, -0.05) is 12.1 Å². The topological polar surface area (TPSA) is 116 Å². The molecule has 0 saturated carbocycles. The number of H-pyrrole nitrogens is 1. The van der Waals surface area contributed by atoms with Gasteiger partial charge in [0.25, 0.3) is 0 Å². The third-order valence-electron chi connectivity index (χ3n) is 5.12. The second kappa shape index (κ2) is 9.07. The minimum Gasteiger partial charge on any atom is -0.493 e. The van der Waals surface area contributed by atoms with E-state index in [1.54, 1.807) is 62.1 Å². The zero-order chi connectivity index (χ0) is 24.4. The third kappa shape index (κ3) is 4.78. The highest BCUT2D eigenvalue weighted by Gasteiger charge is 2.16. The fourth-order valence-corrected chi connectivity index (χ4v) is 4.05. The molecule has 0 fully saturated rings. The predicted octanol–water partition coefficient (Wildman–Crippen LogP) is 5.02. The number of para-hydroxylation sites is 2. The molecular weight excluding hydrogens is 468 g/mol. The van der Waals surface area contributed by atoms with Crippen LogP contribution in [-0.2, 0) is 9.84 Å². The Morgan fingerprint density at radius 2 is 1.60 bits per heavy atom. The number of hydrogen-bond donors (Lipinski definition) is 1. The lowest BCUT2D eigenvalue weighted by molar-refractivity contribution is 0.369. The minimum absolute atomic E-state index is 0.202. The normalized spacial score (nSPS) is 11.4. The molecule has 0 aliphatic heterocycles. The molecule has 2 aromatic heterocycles. The highest BCUT2D eigenvalue weighted by Crippen LogP contribution is 2.40. The van der Waals surface area contributed by atoms with E-state index in [2.05, 4.69) is 19.9 Å². The van der Waals surface area contributed by atoms with E-state index < -0.39 is 9.84 Å². The van der Waals surface area contributed by atoms with Gasteiger partial charge in [0.05, 0.1) is 29.2 Å². The molecule has 0 atom stereocenters. The predicted molar refractivity (Wildman–Crippen MR) is 130 cm³/mol. The first-order valence-electron chi connectivity index (χ1n) is 10.5. The van der Waals surface area contributed by atoms with E-state index in [0.29, 0.717) is 51.3 Å². The number of ether oxygens (including phenoxy) is 3. The van der Waals surface area contributed by atoms with Crippen molar-refractivity contribution in [2.75, 3.05) is 13.4 Å². The fraction of sp³-hybridized carbons (Fsp3) is 0.0800. The lowest BCUT2D eigenvalue weighted by Crippen LogP contribution is -1.97. The molecule has 0 spiro atoms. The molecule has 10 heteroatoms. The number of fused-ring (bicyclic) bond motifs is 1. The number of nitrogens with zero attached hydrogens (tertiary/aromatic N) is 3. The summed E-state index contributed by atoms with van der Waals surface area (Å²) in [5.41, 5.74) is 1.92. The van der Waals surface area contributed by atoms with Gasteiger partial charge >= 0.3 is 0 Å². The Morgan fingerprint density at radius 3 is 2.29 bits per heavy atom. The third-order valence-corrected chi connectivity index (χ3v) is 6.25. The first-order chi connectivity index (χ1) is 16.9. The largest absolute Gasteiger partial charge is 0.493 e. The van der Waals surface area contributed by atoms with Gasteiger partial charge < -0.3 is 19.2 Å². The highest BCUT2D eigenvalue weighted by atomic mass is 32.2. The fourth-order valence-electron chi connectivity index (χ4n) is 3.42. The Bertz CT molecular complexity index is 1600. The molecule has 5 rings (SSSR count). The van der Waals surface area contributed by atoms with Crippen molar-refractivity contribution in [3.8, 4) is 40.3 Å². The second-order valence-corrected chi connectivity index (χ2v) is 9.61. The van der Waals surface area contributed by atoms with Crippen molar-refractivity contribution in [2.24, 2.45) is 0 Å². The standard InChI is InChI=1S/C25H20N4O5S/c1-32-21-5-3-4-6-22(21)34-24-14-19-18(28-25(29-19)20-15-26-11-12-27-20)13-23(24)33-16-7-9-17(10-8-16)35(2,30)31/h3-15H,1-2H3,(H,28,29). The summed E-state index contributed by atoms with van der Waals surface area (Å²) >= 11 is 0. The molecule has 0 radical (unpaired) electrons. The lowest BCUT2D eigenvalue weighted by atomic mass is 10.2. The van der Waals surface area contributed by atoms with Gasteiger partial charge in [0.2, 0.25) is 0 Å². The van der Waals surface area contributed by atoms with Crippen LogP contribution >= 0.6 is 0 Å².